The highest BCUT2D eigenvalue weighted by atomic mass is 16.5. The van der Waals surface area contributed by atoms with Crippen molar-refractivity contribution in [1.29, 1.82) is 0 Å². The zero-order valence-electron chi connectivity index (χ0n) is 14.6. The van der Waals surface area contributed by atoms with Gasteiger partial charge >= 0.3 is 0 Å². The number of amides is 1. The molecule has 1 aliphatic rings. The number of nitrogens with one attached hydrogen (secondary N) is 1. The van der Waals surface area contributed by atoms with Gasteiger partial charge in [-0.1, -0.05) is 6.07 Å². The Labute approximate surface area is 138 Å². The number of benzene rings is 1. The number of hydrogen-bond donors (Lipinski definition) is 1. The Hall–Kier alpha value is -1.79. The van der Waals surface area contributed by atoms with E-state index in [4.69, 9.17) is 9.47 Å². The topological polar surface area (TPSA) is 54.0 Å². The lowest BCUT2D eigenvalue weighted by Crippen LogP contribution is -2.43. The maximum atomic E-state index is 12.7. The molecule has 0 saturated carbocycles. The van der Waals surface area contributed by atoms with E-state index >= 15 is 0 Å². The number of carbonyl (C=O) groups excluding carboxylic acids is 1. The van der Waals surface area contributed by atoms with Crippen molar-refractivity contribution in [2.24, 2.45) is 5.92 Å². The molecule has 1 aromatic carbocycles. The number of rotatable bonds is 6. The third-order valence-corrected chi connectivity index (χ3v) is 4.19. The first-order valence-corrected chi connectivity index (χ1v) is 7.81. The SMILES string of the molecule is COc1cccc(C(=O)N[C@@H]2CN(C)C[C@H]2CN(C)C)c1OC. The van der Waals surface area contributed by atoms with Gasteiger partial charge in [0.05, 0.1) is 19.8 Å². The van der Waals surface area contributed by atoms with Gasteiger partial charge < -0.3 is 24.6 Å². The molecule has 128 valence electrons. The molecule has 1 N–H and O–H groups in total. The predicted octanol–water partition coefficient (Wildman–Crippen LogP) is 0.925. The number of para-hydroxylation sites is 1. The molecule has 2 atom stereocenters. The van der Waals surface area contributed by atoms with Gasteiger partial charge in [-0.15, -0.1) is 0 Å². The molecule has 0 radical (unpaired) electrons. The van der Waals surface area contributed by atoms with E-state index in [9.17, 15) is 4.79 Å². The summed E-state index contributed by atoms with van der Waals surface area (Å²) in [6.07, 6.45) is 0. The summed E-state index contributed by atoms with van der Waals surface area (Å²) in [6.45, 7) is 2.79. The van der Waals surface area contributed by atoms with Crippen molar-refractivity contribution in [1.82, 2.24) is 15.1 Å². The minimum atomic E-state index is -0.121. The number of ether oxygens (including phenoxy) is 2. The molecule has 6 heteroatoms. The highest BCUT2D eigenvalue weighted by molar-refractivity contribution is 5.98. The average molecular weight is 321 g/mol. The normalized spacial score (nSPS) is 21.5. The van der Waals surface area contributed by atoms with Crippen LogP contribution in [0.2, 0.25) is 0 Å². The smallest absolute Gasteiger partial charge is 0.255 e. The van der Waals surface area contributed by atoms with E-state index in [-0.39, 0.29) is 11.9 Å². The molecule has 0 aliphatic carbocycles. The van der Waals surface area contributed by atoms with Crippen molar-refractivity contribution in [3.05, 3.63) is 23.8 Å². The van der Waals surface area contributed by atoms with Crippen LogP contribution in [0, 0.1) is 5.92 Å². The number of likely N-dealkylation sites (tertiary alicyclic amines) is 1. The van der Waals surface area contributed by atoms with Gasteiger partial charge in [0.15, 0.2) is 11.5 Å². The van der Waals surface area contributed by atoms with Crippen LogP contribution in [-0.2, 0) is 0 Å². The summed E-state index contributed by atoms with van der Waals surface area (Å²) in [5.41, 5.74) is 0.505. The Bertz CT molecular complexity index is 548. The number of nitrogens with zero attached hydrogens (tertiary/aromatic N) is 2. The molecule has 23 heavy (non-hydrogen) atoms. The average Bonchev–Trinajstić information content (AvgIpc) is 2.84. The molecule has 0 unspecified atom stereocenters. The van der Waals surface area contributed by atoms with E-state index in [1.54, 1.807) is 32.4 Å². The van der Waals surface area contributed by atoms with Crippen LogP contribution < -0.4 is 14.8 Å². The van der Waals surface area contributed by atoms with Crippen LogP contribution in [0.3, 0.4) is 0 Å². The maximum absolute atomic E-state index is 12.7. The molecule has 1 fully saturated rings. The molecule has 1 amide bonds. The van der Waals surface area contributed by atoms with Gasteiger partial charge in [0, 0.05) is 31.6 Å². The Morgan fingerprint density at radius 1 is 1.30 bits per heavy atom. The quantitative estimate of drug-likeness (QED) is 0.845. The van der Waals surface area contributed by atoms with E-state index in [2.05, 4.69) is 36.3 Å². The van der Waals surface area contributed by atoms with Gasteiger partial charge in [-0.25, -0.2) is 0 Å². The number of likely N-dealkylation sites (N-methyl/N-ethyl adjacent to an activating group) is 1. The first kappa shape index (κ1) is 17.6. The molecule has 0 bridgehead atoms. The lowest BCUT2D eigenvalue weighted by molar-refractivity contribution is 0.0923. The lowest BCUT2D eigenvalue weighted by atomic mass is 10.0. The van der Waals surface area contributed by atoms with E-state index in [1.165, 1.54) is 0 Å². The third kappa shape index (κ3) is 4.14. The highest BCUT2D eigenvalue weighted by Gasteiger charge is 2.33. The van der Waals surface area contributed by atoms with Crippen LogP contribution in [0.4, 0.5) is 0 Å². The highest BCUT2D eigenvalue weighted by Crippen LogP contribution is 2.31. The molecule has 2 rings (SSSR count). The van der Waals surface area contributed by atoms with Gasteiger partial charge in [0.2, 0.25) is 0 Å². The van der Waals surface area contributed by atoms with Gasteiger partial charge in [-0.05, 0) is 33.3 Å². The van der Waals surface area contributed by atoms with E-state index in [1.807, 2.05) is 0 Å². The second kappa shape index (κ2) is 7.66. The fraction of sp³-hybridized carbons (Fsp3) is 0.588. The van der Waals surface area contributed by atoms with Crippen molar-refractivity contribution in [3.63, 3.8) is 0 Å². The molecule has 0 spiro atoms. The summed E-state index contributed by atoms with van der Waals surface area (Å²) in [5.74, 6) is 1.33. The summed E-state index contributed by atoms with van der Waals surface area (Å²) in [6, 6.07) is 5.48. The van der Waals surface area contributed by atoms with Crippen LogP contribution in [0.25, 0.3) is 0 Å². The second-order valence-corrected chi connectivity index (χ2v) is 6.36. The molecule has 1 aliphatic heterocycles. The van der Waals surface area contributed by atoms with E-state index < -0.39 is 0 Å². The Morgan fingerprint density at radius 2 is 2.04 bits per heavy atom. The summed E-state index contributed by atoms with van der Waals surface area (Å²) in [4.78, 5) is 17.1. The minimum absolute atomic E-state index is 0.121. The number of carbonyl (C=O) groups is 1. The molecular weight excluding hydrogens is 294 g/mol. The van der Waals surface area contributed by atoms with Crippen LogP contribution in [0.5, 0.6) is 11.5 Å². The zero-order valence-corrected chi connectivity index (χ0v) is 14.6. The summed E-state index contributed by atoms with van der Waals surface area (Å²) < 4.78 is 10.6. The first-order valence-electron chi connectivity index (χ1n) is 7.81. The molecule has 1 aromatic rings. The summed E-state index contributed by atoms with van der Waals surface area (Å²) in [7, 11) is 9.32. The van der Waals surface area contributed by atoms with Crippen molar-refractivity contribution in [3.8, 4) is 11.5 Å². The maximum Gasteiger partial charge on any atom is 0.255 e. The lowest BCUT2D eigenvalue weighted by Gasteiger charge is -2.23. The molecule has 1 saturated heterocycles. The molecular formula is C17H27N3O3. The van der Waals surface area contributed by atoms with Crippen LogP contribution in [-0.4, -0.2) is 76.7 Å². The standard InChI is InChI=1S/C17H27N3O3/c1-19(2)9-12-10-20(3)11-14(12)18-17(21)13-7-6-8-15(22-4)16(13)23-5/h6-8,12,14H,9-11H2,1-5H3,(H,18,21)/t12-,14-/m1/s1. The van der Waals surface area contributed by atoms with E-state index in [0.717, 1.165) is 19.6 Å². The molecule has 6 nitrogen and oxygen atoms in total. The van der Waals surface area contributed by atoms with Crippen LogP contribution in [0.15, 0.2) is 18.2 Å². The van der Waals surface area contributed by atoms with Crippen molar-refractivity contribution < 1.29 is 14.3 Å². The zero-order chi connectivity index (χ0) is 17.0. The minimum Gasteiger partial charge on any atom is -0.493 e. The summed E-state index contributed by atoms with van der Waals surface area (Å²) in [5, 5.41) is 3.16. The summed E-state index contributed by atoms with van der Waals surface area (Å²) >= 11 is 0. The third-order valence-electron chi connectivity index (χ3n) is 4.19. The van der Waals surface area contributed by atoms with Gasteiger partial charge in [-0.3, -0.25) is 4.79 Å². The Kier molecular flexibility index (Phi) is 5.85. The van der Waals surface area contributed by atoms with E-state index in [0.29, 0.717) is 23.0 Å². The fourth-order valence-electron chi connectivity index (χ4n) is 3.22. The van der Waals surface area contributed by atoms with Crippen molar-refractivity contribution in [2.45, 2.75) is 6.04 Å². The largest absolute Gasteiger partial charge is 0.493 e. The molecule has 0 aromatic heterocycles. The van der Waals surface area contributed by atoms with Gasteiger partial charge in [0.25, 0.3) is 5.91 Å². The van der Waals surface area contributed by atoms with Crippen LogP contribution in [0.1, 0.15) is 10.4 Å². The van der Waals surface area contributed by atoms with Gasteiger partial charge in [0.1, 0.15) is 0 Å². The fourth-order valence-corrected chi connectivity index (χ4v) is 3.22. The Morgan fingerprint density at radius 3 is 2.65 bits per heavy atom. The van der Waals surface area contributed by atoms with Crippen molar-refractivity contribution in [2.75, 3.05) is 55.0 Å². The Balaban J connectivity index is 2.15. The van der Waals surface area contributed by atoms with Gasteiger partial charge in [-0.2, -0.15) is 0 Å². The van der Waals surface area contributed by atoms with Crippen molar-refractivity contribution >= 4 is 5.91 Å². The number of hydrogen-bond acceptors (Lipinski definition) is 5. The predicted molar refractivity (Wildman–Crippen MR) is 90.3 cm³/mol. The number of methoxy groups -OCH3 is 2. The molecule has 1 heterocycles. The van der Waals surface area contributed by atoms with Crippen LogP contribution >= 0.6 is 0 Å². The monoisotopic (exact) mass is 321 g/mol. The first-order chi connectivity index (χ1) is 11.0. The second-order valence-electron chi connectivity index (χ2n) is 6.36.